The minimum Gasteiger partial charge on any atom is -0.395 e. The summed E-state index contributed by atoms with van der Waals surface area (Å²) in [6.07, 6.45) is 0.526. The standard InChI is InChI=1S/C10H12FN3O3S/c11-3-5-8(16)6(4-15)18-9(5)14-2-1-7(12)13-10(14)17/h1-3,6,8-9,15-16H,4H2,(H2,12,13,17)/b5-3-/t6-,8+,9-/m1/s1. The number of nitrogen functional groups attached to an aromatic ring is 1. The fourth-order valence-electron chi connectivity index (χ4n) is 1.77. The molecular formula is C10H12FN3O3S. The minimum absolute atomic E-state index is 0.0349. The largest absolute Gasteiger partial charge is 0.395 e. The maximum Gasteiger partial charge on any atom is 0.350 e. The third kappa shape index (κ3) is 2.14. The molecule has 0 unspecified atom stereocenters. The van der Waals surface area contributed by atoms with E-state index in [1.54, 1.807) is 0 Å². The fraction of sp³-hybridized carbons (Fsp3) is 0.400. The molecule has 0 amide bonds. The first kappa shape index (κ1) is 13.1. The number of aliphatic hydroxyl groups excluding tert-OH is 2. The van der Waals surface area contributed by atoms with Crippen molar-refractivity contribution < 1.29 is 14.6 Å². The van der Waals surface area contributed by atoms with E-state index in [2.05, 4.69) is 4.98 Å². The van der Waals surface area contributed by atoms with E-state index < -0.39 is 22.4 Å². The number of aliphatic hydroxyl groups is 2. The van der Waals surface area contributed by atoms with Crippen LogP contribution in [0.25, 0.3) is 0 Å². The molecule has 2 heterocycles. The average molecular weight is 273 g/mol. The Labute approximate surface area is 106 Å². The maximum absolute atomic E-state index is 12.8. The number of aromatic nitrogens is 2. The van der Waals surface area contributed by atoms with Gasteiger partial charge in [0.15, 0.2) is 0 Å². The second-order valence-corrected chi connectivity index (χ2v) is 5.13. The topological polar surface area (TPSA) is 101 Å². The molecule has 2 rings (SSSR count). The minimum atomic E-state index is -1.13. The number of hydrogen-bond acceptors (Lipinski definition) is 6. The maximum atomic E-state index is 12.8. The zero-order chi connectivity index (χ0) is 13.3. The van der Waals surface area contributed by atoms with Gasteiger partial charge in [-0.3, -0.25) is 4.57 Å². The van der Waals surface area contributed by atoms with Crippen LogP contribution >= 0.6 is 11.8 Å². The Bertz CT molecular complexity index is 533. The van der Waals surface area contributed by atoms with E-state index in [1.807, 2.05) is 0 Å². The number of nitrogens with zero attached hydrogens (tertiary/aromatic N) is 2. The summed E-state index contributed by atoms with van der Waals surface area (Å²) in [5, 5.41) is 17.6. The van der Waals surface area contributed by atoms with Gasteiger partial charge in [0.25, 0.3) is 0 Å². The predicted molar refractivity (Wildman–Crippen MR) is 65.6 cm³/mol. The van der Waals surface area contributed by atoms with Crippen LogP contribution < -0.4 is 11.4 Å². The second-order valence-electron chi connectivity index (χ2n) is 3.81. The Balaban J connectivity index is 2.41. The van der Waals surface area contributed by atoms with Gasteiger partial charge in [0.05, 0.1) is 24.3 Å². The van der Waals surface area contributed by atoms with Gasteiger partial charge in [-0.15, -0.1) is 11.8 Å². The molecule has 1 aliphatic heterocycles. The van der Waals surface area contributed by atoms with Gasteiger partial charge in [0, 0.05) is 11.8 Å². The van der Waals surface area contributed by atoms with E-state index in [-0.39, 0.29) is 24.3 Å². The van der Waals surface area contributed by atoms with Crippen LogP contribution in [0.5, 0.6) is 0 Å². The molecule has 0 radical (unpaired) electrons. The zero-order valence-electron chi connectivity index (χ0n) is 9.23. The molecule has 3 atom stereocenters. The third-order valence-corrected chi connectivity index (χ3v) is 4.21. The van der Waals surface area contributed by atoms with Gasteiger partial charge in [-0.2, -0.15) is 4.98 Å². The fourth-order valence-corrected chi connectivity index (χ4v) is 3.13. The first-order valence-corrected chi connectivity index (χ1v) is 6.12. The summed E-state index contributed by atoms with van der Waals surface area (Å²) in [7, 11) is 0. The Morgan fingerprint density at radius 1 is 1.67 bits per heavy atom. The summed E-state index contributed by atoms with van der Waals surface area (Å²) in [4.78, 5) is 15.2. The Kier molecular flexibility index (Phi) is 3.69. The second kappa shape index (κ2) is 5.09. The molecule has 98 valence electrons. The van der Waals surface area contributed by atoms with Crippen LogP contribution in [0.2, 0.25) is 0 Å². The van der Waals surface area contributed by atoms with E-state index in [9.17, 15) is 14.3 Å². The van der Waals surface area contributed by atoms with Crippen LogP contribution in [0.15, 0.2) is 29.0 Å². The summed E-state index contributed by atoms with van der Waals surface area (Å²) in [5.41, 5.74) is 4.77. The molecule has 0 bridgehead atoms. The van der Waals surface area contributed by atoms with Gasteiger partial charge in [-0.1, -0.05) is 0 Å². The summed E-state index contributed by atoms with van der Waals surface area (Å²) in [5.74, 6) is 0.0734. The Hall–Kier alpha value is -1.38. The molecule has 18 heavy (non-hydrogen) atoms. The first-order chi connectivity index (χ1) is 8.58. The van der Waals surface area contributed by atoms with Crippen molar-refractivity contribution in [3.05, 3.63) is 34.7 Å². The van der Waals surface area contributed by atoms with Gasteiger partial charge < -0.3 is 15.9 Å². The highest BCUT2D eigenvalue weighted by Crippen LogP contribution is 2.44. The van der Waals surface area contributed by atoms with Crippen LogP contribution in [0.3, 0.4) is 0 Å². The van der Waals surface area contributed by atoms with Crippen LogP contribution in [-0.2, 0) is 0 Å². The lowest BCUT2D eigenvalue weighted by atomic mass is 10.1. The third-order valence-electron chi connectivity index (χ3n) is 2.69. The number of nitrogens with two attached hydrogens (primary N) is 1. The van der Waals surface area contributed by atoms with Gasteiger partial charge >= 0.3 is 5.69 Å². The van der Waals surface area contributed by atoms with Crippen LogP contribution in [-0.4, -0.2) is 37.7 Å². The van der Waals surface area contributed by atoms with Crippen molar-refractivity contribution in [2.24, 2.45) is 0 Å². The molecule has 1 aromatic rings. The highest BCUT2D eigenvalue weighted by Gasteiger charge is 2.39. The molecular weight excluding hydrogens is 261 g/mol. The van der Waals surface area contributed by atoms with Gasteiger partial charge in [-0.05, 0) is 6.07 Å². The molecule has 1 fully saturated rings. The van der Waals surface area contributed by atoms with Crippen molar-refractivity contribution in [2.45, 2.75) is 16.7 Å². The van der Waals surface area contributed by atoms with Gasteiger partial charge in [-0.25, -0.2) is 9.18 Å². The summed E-state index contributed by atoms with van der Waals surface area (Å²) >= 11 is 1.10. The molecule has 1 aromatic heterocycles. The van der Waals surface area contributed by atoms with E-state index in [1.165, 1.54) is 16.8 Å². The smallest absolute Gasteiger partial charge is 0.350 e. The Morgan fingerprint density at radius 2 is 2.39 bits per heavy atom. The molecule has 0 spiro atoms. The molecule has 0 saturated carbocycles. The average Bonchev–Trinajstić information content (AvgIpc) is 2.65. The van der Waals surface area contributed by atoms with Crippen molar-refractivity contribution in [1.29, 1.82) is 0 Å². The van der Waals surface area contributed by atoms with E-state index in [0.717, 1.165) is 11.8 Å². The molecule has 1 saturated heterocycles. The van der Waals surface area contributed by atoms with Gasteiger partial charge in [0.1, 0.15) is 11.2 Å². The zero-order valence-corrected chi connectivity index (χ0v) is 10.0. The lowest BCUT2D eigenvalue weighted by Crippen LogP contribution is -2.26. The summed E-state index contributed by atoms with van der Waals surface area (Å²) in [6, 6.07) is 1.41. The van der Waals surface area contributed by atoms with Gasteiger partial charge in [0.2, 0.25) is 0 Å². The number of rotatable bonds is 2. The van der Waals surface area contributed by atoms with E-state index in [0.29, 0.717) is 0 Å². The van der Waals surface area contributed by atoms with Crippen LogP contribution in [0.1, 0.15) is 5.37 Å². The number of hydrogen-bond donors (Lipinski definition) is 3. The van der Waals surface area contributed by atoms with Crippen molar-refractivity contribution in [3.8, 4) is 0 Å². The Morgan fingerprint density at radius 3 is 2.94 bits per heavy atom. The van der Waals surface area contributed by atoms with Crippen molar-refractivity contribution >= 4 is 17.6 Å². The van der Waals surface area contributed by atoms with E-state index >= 15 is 0 Å². The molecule has 8 heteroatoms. The van der Waals surface area contributed by atoms with Crippen molar-refractivity contribution in [3.63, 3.8) is 0 Å². The summed E-state index contributed by atoms with van der Waals surface area (Å²) < 4.78 is 14.0. The molecule has 1 aliphatic rings. The van der Waals surface area contributed by atoms with Crippen LogP contribution in [0.4, 0.5) is 10.2 Å². The number of thioether (sulfide) groups is 1. The highest BCUT2D eigenvalue weighted by atomic mass is 32.2. The highest BCUT2D eigenvalue weighted by molar-refractivity contribution is 8.00. The first-order valence-electron chi connectivity index (χ1n) is 5.17. The van der Waals surface area contributed by atoms with Crippen molar-refractivity contribution in [1.82, 2.24) is 9.55 Å². The van der Waals surface area contributed by atoms with Crippen molar-refractivity contribution in [2.75, 3.05) is 12.3 Å². The predicted octanol–water partition coefficient (Wildman–Crippen LogP) is -0.354. The SMILES string of the molecule is Nc1ccn([C@@H]2S[C@H](CO)[C@@H](O)/C2=C/F)c(=O)n1. The number of anilines is 1. The van der Waals surface area contributed by atoms with E-state index in [4.69, 9.17) is 10.8 Å². The molecule has 0 aliphatic carbocycles. The molecule has 4 N–H and O–H groups in total. The number of halogens is 1. The summed E-state index contributed by atoms with van der Waals surface area (Å²) in [6.45, 7) is -0.309. The monoisotopic (exact) mass is 273 g/mol. The lowest BCUT2D eigenvalue weighted by Gasteiger charge is -2.13. The lowest BCUT2D eigenvalue weighted by molar-refractivity contribution is 0.170. The normalized spacial score (nSPS) is 29.9. The quantitative estimate of drug-likeness (QED) is 0.680. The molecule has 6 nitrogen and oxygen atoms in total. The van der Waals surface area contributed by atoms with Crippen LogP contribution in [0, 0.1) is 0 Å². The molecule has 0 aromatic carbocycles.